The van der Waals surface area contributed by atoms with Crippen molar-refractivity contribution < 1.29 is 9.59 Å². The zero-order valence-corrected chi connectivity index (χ0v) is 16.7. The predicted molar refractivity (Wildman–Crippen MR) is 109 cm³/mol. The molecule has 2 N–H and O–H groups in total. The number of fused-ring (bicyclic) bond motifs is 2. The summed E-state index contributed by atoms with van der Waals surface area (Å²) < 4.78 is 0. The Bertz CT molecular complexity index is 995. The van der Waals surface area contributed by atoms with Gasteiger partial charge >= 0.3 is 6.03 Å². The quantitative estimate of drug-likeness (QED) is 0.750. The fraction of sp³-hybridized carbons (Fsp3) is 0.348. The lowest BCUT2D eigenvalue weighted by Crippen LogP contribution is -2.58. The number of hydrogen-bond acceptors (Lipinski definition) is 4. The van der Waals surface area contributed by atoms with Crippen molar-refractivity contribution in [1.29, 1.82) is 5.26 Å². The summed E-state index contributed by atoms with van der Waals surface area (Å²) in [6.45, 7) is 0. The second-order valence-electron chi connectivity index (χ2n) is 8.21. The SMILES string of the molecule is N#CCC1CC(C2(CC3c4ccccc4Sc4ccccc43)NC(=O)NC2=O)C1. The molecule has 1 atom stereocenters. The molecule has 3 amide bonds. The number of nitriles is 1. The lowest BCUT2D eigenvalue weighted by molar-refractivity contribution is -0.128. The Hall–Kier alpha value is -2.78. The normalized spacial score (nSPS) is 27.8. The number of hydrogen-bond donors (Lipinski definition) is 2. The Morgan fingerprint density at radius 2 is 1.66 bits per heavy atom. The van der Waals surface area contributed by atoms with Crippen LogP contribution in [0.4, 0.5) is 4.79 Å². The molecule has 2 aliphatic heterocycles. The van der Waals surface area contributed by atoms with E-state index in [4.69, 9.17) is 5.26 Å². The molecule has 2 aromatic carbocycles. The zero-order chi connectivity index (χ0) is 20.0. The minimum absolute atomic E-state index is 0.0304. The van der Waals surface area contributed by atoms with E-state index >= 15 is 0 Å². The van der Waals surface area contributed by atoms with E-state index in [1.165, 1.54) is 20.9 Å². The molecule has 1 unspecified atom stereocenters. The van der Waals surface area contributed by atoms with Crippen LogP contribution >= 0.6 is 11.8 Å². The smallest absolute Gasteiger partial charge is 0.322 e. The van der Waals surface area contributed by atoms with E-state index in [-0.39, 0.29) is 17.7 Å². The van der Waals surface area contributed by atoms with Crippen LogP contribution in [-0.4, -0.2) is 17.5 Å². The van der Waals surface area contributed by atoms with E-state index < -0.39 is 11.6 Å². The third kappa shape index (κ3) is 2.92. The first kappa shape index (κ1) is 18.3. The van der Waals surface area contributed by atoms with Crippen LogP contribution in [-0.2, 0) is 4.79 Å². The Balaban J connectivity index is 1.54. The van der Waals surface area contributed by atoms with Gasteiger partial charge in [0.15, 0.2) is 0 Å². The molecule has 29 heavy (non-hydrogen) atoms. The van der Waals surface area contributed by atoms with Crippen molar-refractivity contribution in [3.63, 3.8) is 0 Å². The van der Waals surface area contributed by atoms with Crippen LogP contribution in [0.25, 0.3) is 0 Å². The molecule has 2 aromatic rings. The number of urea groups is 1. The number of rotatable bonds is 4. The van der Waals surface area contributed by atoms with Gasteiger partial charge in [-0.3, -0.25) is 10.1 Å². The molecule has 1 aliphatic carbocycles. The number of imide groups is 1. The molecule has 2 fully saturated rings. The van der Waals surface area contributed by atoms with Gasteiger partial charge in [0.05, 0.1) is 6.07 Å². The molecule has 5 rings (SSSR count). The van der Waals surface area contributed by atoms with Gasteiger partial charge in [-0.25, -0.2) is 4.79 Å². The minimum atomic E-state index is -0.921. The Kier molecular flexibility index (Phi) is 4.36. The number of carbonyl (C=O) groups is 2. The molecule has 1 saturated carbocycles. The van der Waals surface area contributed by atoms with E-state index in [2.05, 4.69) is 41.0 Å². The number of amides is 3. The minimum Gasteiger partial charge on any atom is -0.323 e. The maximum Gasteiger partial charge on any atom is 0.322 e. The highest BCUT2D eigenvalue weighted by Crippen LogP contribution is 2.52. The van der Waals surface area contributed by atoms with Crippen molar-refractivity contribution in [3.8, 4) is 6.07 Å². The van der Waals surface area contributed by atoms with Crippen molar-refractivity contribution in [2.45, 2.75) is 46.9 Å². The number of nitrogens with one attached hydrogen (secondary N) is 2. The van der Waals surface area contributed by atoms with Gasteiger partial charge in [-0.2, -0.15) is 5.26 Å². The summed E-state index contributed by atoms with van der Waals surface area (Å²) in [6, 6.07) is 18.5. The van der Waals surface area contributed by atoms with Gasteiger partial charge in [-0.1, -0.05) is 48.2 Å². The topological polar surface area (TPSA) is 82.0 Å². The summed E-state index contributed by atoms with van der Waals surface area (Å²) in [6.07, 6.45) is 2.63. The molecule has 1 saturated heterocycles. The highest BCUT2D eigenvalue weighted by Gasteiger charge is 2.56. The average molecular weight is 404 g/mol. The van der Waals surface area contributed by atoms with Crippen molar-refractivity contribution in [2.24, 2.45) is 11.8 Å². The van der Waals surface area contributed by atoms with Crippen LogP contribution in [0.3, 0.4) is 0 Å². The maximum atomic E-state index is 13.0. The first-order valence-corrected chi connectivity index (χ1v) is 10.8. The van der Waals surface area contributed by atoms with Crippen LogP contribution in [0.2, 0.25) is 0 Å². The first-order valence-electron chi connectivity index (χ1n) is 9.97. The standard InChI is InChI=1S/C23H21N3O2S/c24-10-9-14-11-15(12-14)23(21(27)25-22(28)26-23)13-18-16-5-1-3-7-19(16)29-20-8-4-2-6-17(18)20/h1-8,14-15,18H,9,11-13H2,(H2,25,26,27,28). The number of carbonyl (C=O) groups excluding carboxylic acids is 2. The fourth-order valence-corrected chi connectivity index (χ4v) is 6.27. The number of benzene rings is 2. The number of nitrogens with zero attached hydrogens (tertiary/aromatic N) is 1. The molecular formula is C23H21N3O2S. The molecule has 5 nitrogen and oxygen atoms in total. The van der Waals surface area contributed by atoms with Gasteiger partial charge in [0.1, 0.15) is 5.54 Å². The van der Waals surface area contributed by atoms with Gasteiger partial charge in [0.25, 0.3) is 5.91 Å². The lowest BCUT2D eigenvalue weighted by atomic mass is 9.61. The lowest BCUT2D eigenvalue weighted by Gasteiger charge is -2.46. The molecular weight excluding hydrogens is 382 g/mol. The average Bonchev–Trinajstić information content (AvgIpc) is 2.97. The van der Waals surface area contributed by atoms with Crippen molar-refractivity contribution >= 4 is 23.7 Å². The first-order chi connectivity index (χ1) is 14.1. The van der Waals surface area contributed by atoms with Crippen LogP contribution in [0.1, 0.15) is 42.7 Å². The van der Waals surface area contributed by atoms with E-state index in [1.54, 1.807) is 11.8 Å². The van der Waals surface area contributed by atoms with E-state index in [9.17, 15) is 9.59 Å². The van der Waals surface area contributed by atoms with Crippen molar-refractivity contribution in [3.05, 3.63) is 59.7 Å². The van der Waals surface area contributed by atoms with E-state index in [1.807, 2.05) is 24.3 Å². The van der Waals surface area contributed by atoms with Crippen LogP contribution < -0.4 is 10.6 Å². The molecule has 0 bridgehead atoms. The fourth-order valence-electron chi connectivity index (χ4n) is 5.09. The summed E-state index contributed by atoms with van der Waals surface area (Å²) in [5, 5.41) is 14.5. The highest BCUT2D eigenvalue weighted by molar-refractivity contribution is 7.99. The Morgan fingerprint density at radius 3 is 2.21 bits per heavy atom. The molecule has 2 heterocycles. The molecule has 0 radical (unpaired) electrons. The summed E-state index contributed by atoms with van der Waals surface area (Å²) in [5.74, 6) is 0.175. The second kappa shape index (κ2) is 6.93. The highest BCUT2D eigenvalue weighted by atomic mass is 32.2. The van der Waals surface area contributed by atoms with Crippen LogP contribution in [0.5, 0.6) is 0 Å². The summed E-state index contributed by atoms with van der Waals surface area (Å²) in [5.41, 5.74) is 1.49. The van der Waals surface area contributed by atoms with Gasteiger partial charge in [0.2, 0.25) is 0 Å². The predicted octanol–water partition coefficient (Wildman–Crippen LogP) is 4.19. The van der Waals surface area contributed by atoms with E-state index in [0.717, 1.165) is 12.8 Å². The molecule has 3 aliphatic rings. The maximum absolute atomic E-state index is 13.0. The Labute approximate surface area is 173 Å². The third-order valence-electron chi connectivity index (χ3n) is 6.62. The van der Waals surface area contributed by atoms with Crippen molar-refractivity contribution in [2.75, 3.05) is 0 Å². The monoisotopic (exact) mass is 403 g/mol. The summed E-state index contributed by atoms with van der Waals surface area (Å²) >= 11 is 1.76. The second-order valence-corrected chi connectivity index (χ2v) is 9.29. The van der Waals surface area contributed by atoms with E-state index in [0.29, 0.717) is 18.8 Å². The molecule has 0 spiro atoms. The largest absolute Gasteiger partial charge is 0.323 e. The van der Waals surface area contributed by atoms with Crippen LogP contribution in [0, 0.1) is 23.2 Å². The molecule has 0 aromatic heterocycles. The summed E-state index contributed by atoms with van der Waals surface area (Å²) in [7, 11) is 0. The summed E-state index contributed by atoms with van der Waals surface area (Å²) in [4.78, 5) is 27.6. The van der Waals surface area contributed by atoms with Crippen molar-refractivity contribution in [1.82, 2.24) is 10.6 Å². The van der Waals surface area contributed by atoms with Crippen LogP contribution in [0.15, 0.2) is 58.3 Å². The van der Waals surface area contributed by atoms with Gasteiger partial charge in [-0.05, 0) is 54.4 Å². The Morgan fingerprint density at radius 1 is 1.03 bits per heavy atom. The molecule has 146 valence electrons. The van der Waals surface area contributed by atoms with Gasteiger partial charge in [0, 0.05) is 22.1 Å². The molecule has 6 heteroatoms. The third-order valence-corrected chi connectivity index (χ3v) is 7.80. The van der Waals surface area contributed by atoms with Gasteiger partial charge in [-0.15, -0.1) is 0 Å². The zero-order valence-electron chi connectivity index (χ0n) is 15.9. The van der Waals surface area contributed by atoms with Gasteiger partial charge < -0.3 is 5.32 Å².